The fraction of sp³-hybridized carbons (Fsp3) is 0.130. The van der Waals surface area contributed by atoms with Crippen molar-refractivity contribution < 1.29 is 4.79 Å². The van der Waals surface area contributed by atoms with Gasteiger partial charge in [-0.05, 0) is 47.0 Å². The quantitative estimate of drug-likeness (QED) is 0.697. The highest BCUT2D eigenvalue weighted by Gasteiger charge is 2.28. The highest BCUT2D eigenvalue weighted by molar-refractivity contribution is 6.12. The molecule has 0 fully saturated rings. The molecule has 1 amide bonds. The van der Waals surface area contributed by atoms with Crippen molar-refractivity contribution >= 4 is 29.2 Å². The van der Waals surface area contributed by atoms with Crippen LogP contribution in [-0.2, 0) is 17.9 Å². The molecule has 4 nitrogen and oxygen atoms in total. The summed E-state index contributed by atoms with van der Waals surface area (Å²) in [6.45, 7) is 1.88. The Morgan fingerprint density at radius 1 is 0.889 bits per heavy atom. The van der Waals surface area contributed by atoms with Gasteiger partial charge in [0.15, 0.2) is 0 Å². The fourth-order valence-electron chi connectivity index (χ4n) is 3.81. The Labute approximate surface area is 158 Å². The van der Waals surface area contributed by atoms with Crippen molar-refractivity contribution in [3.8, 4) is 0 Å². The van der Waals surface area contributed by atoms with Crippen LogP contribution >= 0.6 is 0 Å². The van der Waals surface area contributed by atoms with Crippen molar-refractivity contribution in [2.24, 2.45) is 4.99 Å². The number of hydrogen-bond acceptors (Lipinski definition) is 3. The Hall–Kier alpha value is -3.40. The first-order valence-corrected chi connectivity index (χ1v) is 9.14. The second-order valence-corrected chi connectivity index (χ2v) is 6.97. The molecule has 1 unspecified atom stereocenters. The predicted molar refractivity (Wildman–Crippen MR) is 109 cm³/mol. The third-order valence-electron chi connectivity index (χ3n) is 5.26. The van der Waals surface area contributed by atoms with E-state index >= 15 is 0 Å². The largest absolute Gasteiger partial charge is 0.363 e. The maximum Gasteiger partial charge on any atom is 0.237 e. The summed E-state index contributed by atoms with van der Waals surface area (Å²) in [6.07, 6.45) is 1.74. The predicted octanol–water partition coefficient (Wildman–Crippen LogP) is 4.65. The van der Waals surface area contributed by atoms with Gasteiger partial charge < -0.3 is 10.2 Å². The second kappa shape index (κ2) is 6.40. The highest BCUT2D eigenvalue weighted by Crippen LogP contribution is 2.32. The van der Waals surface area contributed by atoms with E-state index in [1.165, 1.54) is 16.8 Å². The average molecular weight is 353 g/mol. The molecule has 0 radical (unpaired) electrons. The number of benzene rings is 3. The standard InChI is InChI=1S/C23H19N3O/c27-23-21(20-7-3-4-8-22(20)25-23)13-24-18-9-11-19(12-10-18)26-14-16-5-1-2-6-17(16)15-26/h1-13,21H,14-15H2,(H,25,27). The number of hydrogen-bond donors (Lipinski definition) is 1. The van der Waals surface area contributed by atoms with Crippen LogP contribution < -0.4 is 10.2 Å². The van der Waals surface area contributed by atoms with Gasteiger partial charge in [0.05, 0.1) is 5.69 Å². The lowest BCUT2D eigenvalue weighted by atomic mass is 10.0. The van der Waals surface area contributed by atoms with Crippen molar-refractivity contribution in [3.05, 3.63) is 89.5 Å². The Kier molecular flexibility index (Phi) is 3.75. The van der Waals surface area contributed by atoms with Crippen LogP contribution in [0.2, 0.25) is 0 Å². The van der Waals surface area contributed by atoms with Crippen LogP contribution in [0.4, 0.5) is 17.1 Å². The van der Waals surface area contributed by atoms with Gasteiger partial charge in [-0.3, -0.25) is 9.79 Å². The van der Waals surface area contributed by atoms with Gasteiger partial charge >= 0.3 is 0 Å². The van der Waals surface area contributed by atoms with E-state index in [-0.39, 0.29) is 11.8 Å². The molecular formula is C23H19N3O. The summed E-state index contributed by atoms with van der Waals surface area (Å²) in [5, 5.41) is 2.90. The molecule has 132 valence electrons. The maximum absolute atomic E-state index is 12.2. The summed E-state index contributed by atoms with van der Waals surface area (Å²) >= 11 is 0. The van der Waals surface area contributed by atoms with Crippen LogP contribution in [-0.4, -0.2) is 12.1 Å². The van der Waals surface area contributed by atoms with Crippen molar-refractivity contribution in [1.29, 1.82) is 0 Å². The Morgan fingerprint density at radius 3 is 2.30 bits per heavy atom. The number of nitrogens with one attached hydrogen (secondary N) is 1. The zero-order valence-corrected chi connectivity index (χ0v) is 14.8. The van der Waals surface area contributed by atoms with Gasteiger partial charge in [0.2, 0.25) is 5.91 Å². The first-order valence-electron chi connectivity index (χ1n) is 9.14. The number of carbonyl (C=O) groups excluding carboxylic acids is 1. The van der Waals surface area contributed by atoms with Crippen LogP contribution in [0.3, 0.4) is 0 Å². The number of rotatable bonds is 3. The minimum absolute atomic E-state index is 0.0219. The van der Waals surface area contributed by atoms with E-state index in [2.05, 4.69) is 51.6 Å². The normalized spacial score (nSPS) is 17.9. The summed E-state index contributed by atoms with van der Waals surface area (Å²) in [5.74, 6) is -0.347. The topological polar surface area (TPSA) is 44.7 Å². The van der Waals surface area contributed by atoms with E-state index in [0.717, 1.165) is 30.0 Å². The van der Waals surface area contributed by atoms with E-state index in [4.69, 9.17) is 0 Å². The van der Waals surface area contributed by atoms with Crippen LogP contribution in [0, 0.1) is 0 Å². The molecule has 0 bridgehead atoms. The molecule has 1 N–H and O–H groups in total. The number of para-hydroxylation sites is 1. The highest BCUT2D eigenvalue weighted by atomic mass is 16.2. The lowest BCUT2D eigenvalue weighted by molar-refractivity contribution is -0.115. The van der Waals surface area contributed by atoms with Crippen LogP contribution in [0.25, 0.3) is 0 Å². The van der Waals surface area contributed by atoms with Crippen molar-refractivity contribution in [1.82, 2.24) is 0 Å². The number of aliphatic imine (C=N–C) groups is 1. The van der Waals surface area contributed by atoms with Gasteiger partial charge in [0, 0.05) is 30.7 Å². The van der Waals surface area contributed by atoms with Crippen LogP contribution in [0.1, 0.15) is 22.6 Å². The van der Waals surface area contributed by atoms with E-state index in [1.807, 2.05) is 36.4 Å². The zero-order chi connectivity index (χ0) is 18.2. The Morgan fingerprint density at radius 2 is 1.56 bits per heavy atom. The third-order valence-corrected chi connectivity index (χ3v) is 5.26. The van der Waals surface area contributed by atoms with Crippen molar-refractivity contribution in [2.75, 3.05) is 10.2 Å². The first kappa shape index (κ1) is 15.8. The summed E-state index contributed by atoms with van der Waals surface area (Å²) < 4.78 is 0. The third kappa shape index (κ3) is 2.89. The molecule has 3 aromatic rings. The van der Waals surface area contributed by atoms with Crippen LogP contribution in [0.5, 0.6) is 0 Å². The average Bonchev–Trinajstić information content (AvgIpc) is 3.27. The Bertz CT molecular complexity index is 1010. The number of nitrogens with zero attached hydrogens (tertiary/aromatic N) is 2. The first-order chi connectivity index (χ1) is 13.3. The summed E-state index contributed by atoms with van der Waals surface area (Å²) in [7, 11) is 0. The maximum atomic E-state index is 12.2. The molecule has 0 aliphatic carbocycles. The number of fused-ring (bicyclic) bond motifs is 2. The number of carbonyl (C=O) groups is 1. The smallest absolute Gasteiger partial charge is 0.237 e. The van der Waals surface area contributed by atoms with E-state index in [1.54, 1.807) is 6.21 Å². The molecular weight excluding hydrogens is 334 g/mol. The van der Waals surface area contributed by atoms with Gasteiger partial charge in [-0.25, -0.2) is 0 Å². The fourth-order valence-corrected chi connectivity index (χ4v) is 3.81. The molecule has 0 saturated heterocycles. The molecule has 0 saturated carbocycles. The van der Waals surface area contributed by atoms with E-state index in [0.29, 0.717) is 0 Å². The second-order valence-electron chi connectivity index (χ2n) is 6.97. The van der Waals surface area contributed by atoms with E-state index in [9.17, 15) is 4.79 Å². The number of amides is 1. The lowest BCUT2D eigenvalue weighted by Crippen LogP contribution is -2.14. The molecule has 0 aromatic heterocycles. The monoisotopic (exact) mass is 353 g/mol. The van der Waals surface area contributed by atoms with Crippen molar-refractivity contribution in [3.63, 3.8) is 0 Å². The molecule has 5 rings (SSSR count). The molecule has 2 aliphatic rings. The SMILES string of the molecule is O=C1Nc2ccccc2C1C=Nc1ccc(N2Cc3ccccc3C2)cc1. The summed E-state index contributed by atoms with van der Waals surface area (Å²) in [4.78, 5) is 19.1. The molecule has 4 heteroatoms. The van der Waals surface area contributed by atoms with Gasteiger partial charge in [0.25, 0.3) is 0 Å². The minimum Gasteiger partial charge on any atom is -0.363 e. The molecule has 2 heterocycles. The van der Waals surface area contributed by atoms with Gasteiger partial charge in [-0.2, -0.15) is 0 Å². The summed E-state index contributed by atoms with van der Waals surface area (Å²) in [6, 6.07) is 24.5. The molecule has 3 aromatic carbocycles. The van der Waals surface area contributed by atoms with Gasteiger partial charge in [-0.15, -0.1) is 0 Å². The molecule has 0 spiro atoms. The number of anilines is 2. The van der Waals surface area contributed by atoms with Gasteiger partial charge in [0.1, 0.15) is 5.92 Å². The lowest BCUT2D eigenvalue weighted by Gasteiger charge is -2.17. The van der Waals surface area contributed by atoms with Gasteiger partial charge in [-0.1, -0.05) is 42.5 Å². The zero-order valence-electron chi connectivity index (χ0n) is 14.8. The van der Waals surface area contributed by atoms with Crippen LogP contribution in [0.15, 0.2) is 77.8 Å². The molecule has 2 aliphatic heterocycles. The summed E-state index contributed by atoms with van der Waals surface area (Å²) in [5.41, 5.74) is 6.69. The van der Waals surface area contributed by atoms with Crippen molar-refractivity contribution in [2.45, 2.75) is 19.0 Å². The Balaban J connectivity index is 1.32. The van der Waals surface area contributed by atoms with E-state index < -0.39 is 0 Å². The minimum atomic E-state index is -0.325. The molecule has 1 atom stereocenters. The molecule has 27 heavy (non-hydrogen) atoms.